The molecular formula is C18H22N2O5S. The summed E-state index contributed by atoms with van der Waals surface area (Å²) < 4.78 is 10.6. The van der Waals surface area contributed by atoms with Crippen molar-refractivity contribution in [1.82, 2.24) is 10.6 Å². The Kier molecular flexibility index (Phi) is 5.61. The zero-order valence-electron chi connectivity index (χ0n) is 14.7. The molecule has 1 aromatic carbocycles. The molecule has 2 unspecified atom stereocenters. The van der Waals surface area contributed by atoms with Crippen LogP contribution in [0, 0.1) is 5.92 Å². The van der Waals surface area contributed by atoms with E-state index in [2.05, 4.69) is 10.6 Å². The first kappa shape index (κ1) is 18.4. The Morgan fingerprint density at radius 2 is 2.19 bits per heavy atom. The maximum absolute atomic E-state index is 12.1. The molecule has 0 aromatic heterocycles. The zero-order valence-corrected chi connectivity index (χ0v) is 15.5. The maximum Gasteiger partial charge on any atom is 0.261 e. The molecule has 26 heavy (non-hydrogen) atoms. The maximum atomic E-state index is 12.1. The van der Waals surface area contributed by atoms with Crippen LogP contribution >= 0.6 is 11.8 Å². The van der Waals surface area contributed by atoms with Gasteiger partial charge in [-0.05, 0) is 23.6 Å². The Hall–Kier alpha value is -2.35. The van der Waals surface area contributed by atoms with Crippen LogP contribution < -0.4 is 20.1 Å². The molecule has 0 aliphatic carbocycles. The molecule has 1 aromatic rings. The average molecular weight is 378 g/mol. The molecular weight excluding hydrogens is 356 g/mol. The normalized spacial score (nSPS) is 19.5. The van der Waals surface area contributed by atoms with Gasteiger partial charge in [0.2, 0.25) is 12.7 Å². The first-order chi connectivity index (χ1) is 12.5. The van der Waals surface area contributed by atoms with Crippen LogP contribution in [0.25, 0.3) is 0 Å². The molecule has 3 N–H and O–H groups in total. The number of thioether (sulfide) groups is 1. The van der Waals surface area contributed by atoms with Gasteiger partial charge < -0.3 is 25.2 Å². The third-order valence-electron chi connectivity index (χ3n) is 4.51. The highest BCUT2D eigenvalue weighted by atomic mass is 32.2. The number of hydrogen-bond donors (Lipinski definition) is 3. The highest BCUT2D eigenvalue weighted by Crippen LogP contribution is 2.32. The van der Waals surface area contributed by atoms with E-state index in [1.807, 2.05) is 26.0 Å². The largest absolute Gasteiger partial charge is 0.509 e. The van der Waals surface area contributed by atoms with Crippen molar-refractivity contribution in [3.63, 3.8) is 0 Å². The van der Waals surface area contributed by atoms with E-state index >= 15 is 0 Å². The quantitative estimate of drug-likeness (QED) is 0.672. The van der Waals surface area contributed by atoms with Crippen molar-refractivity contribution in [2.75, 3.05) is 12.5 Å². The first-order valence-electron chi connectivity index (χ1n) is 8.51. The summed E-state index contributed by atoms with van der Waals surface area (Å²) in [7, 11) is 0. The van der Waals surface area contributed by atoms with Crippen molar-refractivity contribution in [2.24, 2.45) is 5.92 Å². The van der Waals surface area contributed by atoms with Gasteiger partial charge in [-0.3, -0.25) is 9.59 Å². The topological polar surface area (TPSA) is 96.9 Å². The van der Waals surface area contributed by atoms with Crippen LogP contribution in [-0.2, 0) is 16.1 Å². The highest BCUT2D eigenvalue weighted by Gasteiger charge is 2.34. The van der Waals surface area contributed by atoms with Gasteiger partial charge in [-0.1, -0.05) is 26.3 Å². The number of ether oxygens (including phenoxy) is 2. The number of carbonyl (C=O) groups excluding carboxylic acids is 2. The van der Waals surface area contributed by atoms with Crippen molar-refractivity contribution in [3.8, 4) is 11.5 Å². The predicted octanol–water partition coefficient (Wildman–Crippen LogP) is 2.08. The molecule has 0 saturated carbocycles. The summed E-state index contributed by atoms with van der Waals surface area (Å²) in [5.74, 6) is 1.06. The van der Waals surface area contributed by atoms with E-state index in [0.29, 0.717) is 18.0 Å². The van der Waals surface area contributed by atoms with Crippen LogP contribution in [-0.4, -0.2) is 35.5 Å². The SMILES string of the molecule is CCC(C)C1NC(=O)C(SCC(=O)NCc2ccc3c(c2)OCO3)=C1O. The Bertz CT molecular complexity index is 749. The van der Waals surface area contributed by atoms with E-state index in [4.69, 9.17) is 9.47 Å². The van der Waals surface area contributed by atoms with Crippen molar-refractivity contribution in [3.05, 3.63) is 34.4 Å². The van der Waals surface area contributed by atoms with E-state index in [9.17, 15) is 14.7 Å². The van der Waals surface area contributed by atoms with Gasteiger partial charge in [0.25, 0.3) is 5.91 Å². The lowest BCUT2D eigenvalue weighted by Gasteiger charge is -2.17. The number of fused-ring (bicyclic) bond motifs is 1. The molecule has 8 heteroatoms. The van der Waals surface area contributed by atoms with Crippen LogP contribution in [0.2, 0.25) is 0 Å². The highest BCUT2D eigenvalue weighted by molar-refractivity contribution is 8.04. The molecule has 2 aliphatic heterocycles. The van der Waals surface area contributed by atoms with Gasteiger partial charge in [0.05, 0.1) is 11.8 Å². The number of aliphatic hydroxyl groups is 1. The fourth-order valence-corrected chi connectivity index (χ4v) is 3.60. The molecule has 0 fully saturated rings. The number of hydrogen-bond acceptors (Lipinski definition) is 6. The van der Waals surface area contributed by atoms with Crippen LogP contribution in [0.15, 0.2) is 28.9 Å². The number of aliphatic hydroxyl groups excluding tert-OH is 1. The minimum Gasteiger partial charge on any atom is -0.509 e. The van der Waals surface area contributed by atoms with E-state index in [1.54, 1.807) is 6.07 Å². The fourth-order valence-electron chi connectivity index (χ4n) is 2.76. The van der Waals surface area contributed by atoms with Gasteiger partial charge in [-0.25, -0.2) is 0 Å². The third kappa shape index (κ3) is 3.90. The lowest BCUT2D eigenvalue weighted by molar-refractivity contribution is -0.118. The Labute approximate surface area is 156 Å². The van der Waals surface area contributed by atoms with Gasteiger partial charge in [-0.2, -0.15) is 0 Å². The Morgan fingerprint density at radius 1 is 1.42 bits per heavy atom. The number of amides is 2. The summed E-state index contributed by atoms with van der Waals surface area (Å²) in [5, 5.41) is 15.8. The van der Waals surface area contributed by atoms with E-state index in [1.165, 1.54) is 0 Å². The van der Waals surface area contributed by atoms with Crippen LogP contribution in [0.5, 0.6) is 11.5 Å². The molecule has 140 valence electrons. The van der Waals surface area contributed by atoms with Gasteiger partial charge in [-0.15, -0.1) is 11.8 Å². The lowest BCUT2D eigenvalue weighted by atomic mass is 9.99. The first-order valence-corrected chi connectivity index (χ1v) is 9.50. The summed E-state index contributed by atoms with van der Waals surface area (Å²) in [5.41, 5.74) is 0.894. The van der Waals surface area contributed by atoms with Crippen molar-refractivity contribution in [2.45, 2.75) is 32.9 Å². The minimum atomic E-state index is -0.369. The molecule has 0 saturated heterocycles. The molecule has 0 radical (unpaired) electrons. The summed E-state index contributed by atoms with van der Waals surface area (Å²) in [6, 6.07) is 5.12. The van der Waals surface area contributed by atoms with Gasteiger partial charge in [0.15, 0.2) is 11.5 Å². The Balaban J connectivity index is 1.51. The van der Waals surface area contributed by atoms with Crippen molar-refractivity contribution < 1.29 is 24.2 Å². The second kappa shape index (κ2) is 7.90. The lowest BCUT2D eigenvalue weighted by Crippen LogP contribution is -2.34. The number of carbonyl (C=O) groups is 2. The molecule has 3 rings (SSSR count). The molecule has 2 heterocycles. The van der Waals surface area contributed by atoms with Crippen LogP contribution in [0.4, 0.5) is 0 Å². The Morgan fingerprint density at radius 3 is 2.96 bits per heavy atom. The number of rotatable bonds is 7. The summed E-state index contributed by atoms with van der Waals surface area (Å²) in [6.45, 7) is 4.52. The average Bonchev–Trinajstić information content (AvgIpc) is 3.21. The van der Waals surface area contributed by atoms with E-state index < -0.39 is 0 Å². The standard InChI is InChI=1S/C18H22N2O5S/c1-3-10(2)15-16(22)17(18(23)20-15)26-8-14(21)19-7-11-4-5-12-13(6-11)25-9-24-12/h4-6,10,15,22H,3,7-9H2,1-2H3,(H,19,21)(H,20,23). The molecule has 2 amide bonds. The van der Waals surface area contributed by atoms with Crippen LogP contribution in [0.1, 0.15) is 25.8 Å². The molecule has 7 nitrogen and oxygen atoms in total. The van der Waals surface area contributed by atoms with Crippen LogP contribution in [0.3, 0.4) is 0 Å². The number of nitrogens with one attached hydrogen (secondary N) is 2. The smallest absolute Gasteiger partial charge is 0.261 e. The van der Waals surface area contributed by atoms with Gasteiger partial charge in [0.1, 0.15) is 10.7 Å². The van der Waals surface area contributed by atoms with Gasteiger partial charge in [0, 0.05) is 6.54 Å². The second-order valence-corrected chi connectivity index (χ2v) is 7.29. The molecule has 2 aliphatic rings. The summed E-state index contributed by atoms with van der Waals surface area (Å²) >= 11 is 1.06. The number of benzene rings is 1. The zero-order chi connectivity index (χ0) is 18.7. The van der Waals surface area contributed by atoms with Crippen molar-refractivity contribution >= 4 is 23.6 Å². The monoisotopic (exact) mass is 378 g/mol. The minimum absolute atomic E-state index is 0.0397. The summed E-state index contributed by atoms with van der Waals surface area (Å²) in [4.78, 5) is 24.3. The molecule has 0 spiro atoms. The third-order valence-corrected chi connectivity index (χ3v) is 5.60. The summed E-state index contributed by atoms with van der Waals surface area (Å²) in [6.07, 6.45) is 0.836. The van der Waals surface area contributed by atoms with Crippen molar-refractivity contribution in [1.29, 1.82) is 0 Å². The van der Waals surface area contributed by atoms with E-state index in [-0.39, 0.29) is 47.0 Å². The predicted molar refractivity (Wildman–Crippen MR) is 97.9 cm³/mol. The second-order valence-electron chi connectivity index (χ2n) is 6.30. The van der Waals surface area contributed by atoms with Gasteiger partial charge >= 0.3 is 0 Å². The van der Waals surface area contributed by atoms with E-state index in [0.717, 1.165) is 23.7 Å². The molecule has 0 bridgehead atoms. The molecule has 2 atom stereocenters. The fraction of sp³-hybridized carbons (Fsp3) is 0.444.